The molecule has 0 saturated heterocycles. The van der Waals surface area contributed by atoms with Crippen LogP contribution in [0.25, 0.3) is 0 Å². The summed E-state index contributed by atoms with van der Waals surface area (Å²) in [5.74, 6) is 0.0380. The highest BCUT2D eigenvalue weighted by Gasteiger charge is 2.12. The van der Waals surface area contributed by atoms with Gasteiger partial charge in [0.1, 0.15) is 5.75 Å². The molecule has 25 heavy (non-hydrogen) atoms. The Morgan fingerprint density at radius 1 is 1.16 bits per heavy atom. The number of halogens is 1. The Morgan fingerprint density at radius 2 is 1.80 bits per heavy atom. The molecule has 2 aromatic rings. The van der Waals surface area contributed by atoms with Gasteiger partial charge in [-0.05, 0) is 50.2 Å². The Kier molecular flexibility index (Phi) is 6.44. The number of phenols is 1. The van der Waals surface area contributed by atoms with Crippen molar-refractivity contribution in [2.45, 2.75) is 18.7 Å². The lowest BCUT2D eigenvalue weighted by Gasteiger charge is -2.21. The van der Waals surface area contributed by atoms with Crippen molar-refractivity contribution in [3.63, 3.8) is 0 Å². The van der Waals surface area contributed by atoms with Gasteiger partial charge in [0.2, 0.25) is 0 Å². The van der Waals surface area contributed by atoms with E-state index in [-0.39, 0.29) is 10.6 Å². The van der Waals surface area contributed by atoms with Crippen LogP contribution in [0.1, 0.15) is 19.4 Å². The predicted octanol–water partition coefficient (Wildman–Crippen LogP) is 3.31. The average molecular weight is 426 g/mol. The molecule has 0 unspecified atom stereocenters. The molecule has 0 amide bonds. The van der Waals surface area contributed by atoms with Gasteiger partial charge in [0.15, 0.2) is 0 Å². The average Bonchev–Trinajstić information content (AvgIpc) is 2.58. The summed E-state index contributed by atoms with van der Waals surface area (Å²) in [5, 5.41) is 13.8. The van der Waals surface area contributed by atoms with E-state index >= 15 is 0 Å². The van der Waals surface area contributed by atoms with E-state index in [0.717, 1.165) is 23.2 Å². The van der Waals surface area contributed by atoms with Gasteiger partial charge < -0.3 is 10.0 Å². The largest absolute Gasteiger partial charge is 0.507 e. The van der Waals surface area contributed by atoms with E-state index in [2.05, 4.69) is 30.8 Å². The lowest BCUT2D eigenvalue weighted by molar-refractivity contribution is 0.474. The lowest BCUT2D eigenvalue weighted by Crippen LogP contribution is -2.21. The summed E-state index contributed by atoms with van der Waals surface area (Å²) in [6.07, 6.45) is 1.28. The zero-order chi connectivity index (χ0) is 18.4. The van der Waals surface area contributed by atoms with Gasteiger partial charge in [-0.25, -0.2) is 4.83 Å². The van der Waals surface area contributed by atoms with E-state index in [0.29, 0.717) is 5.56 Å². The predicted molar refractivity (Wildman–Crippen MR) is 104 cm³/mol. The van der Waals surface area contributed by atoms with Crippen LogP contribution in [0.2, 0.25) is 0 Å². The molecule has 0 radical (unpaired) electrons. The van der Waals surface area contributed by atoms with E-state index in [1.165, 1.54) is 18.3 Å². The monoisotopic (exact) mass is 425 g/mol. The first kappa shape index (κ1) is 19.3. The minimum atomic E-state index is -3.75. The smallest absolute Gasteiger partial charge is 0.276 e. The maximum atomic E-state index is 12.1. The van der Waals surface area contributed by atoms with Crippen LogP contribution < -0.4 is 9.73 Å². The third kappa shape index (κ3) is 4.96. The highest BCUT2D eigenvalue weighted by Crippen LogP contribution is 2.23. The third-order valence-electron chi connectivity index (χ3n) is 3.64. The van der Waals surface area contributed by atoms with Gasteiger partial charge in [-0.2, -0.15) is 13.5 Å². The fourth-order valence-corrected chi connectivity index (χ4v) is 3.31. The molecule has 2 N–H and O–H groups in total. The molecule has 0 heterocycles. The number of sulfonamides is 1. The van der Waals surface area contributed by atoms with Crippen LogP contribution in [0.5, 0.6) is 5.75 Å². The van der Waals surface area contributed by atoms with E-state index in [1.807, 2.05) is 19.9 Å². The van der Waals surface area contributed by atoms with Crippen molar-refractivity contribution in [3.05, 3.63) is 52.5 Å². The number of aromatic hydroxyl groups is 1. The molecule has 0 atom stereocenters. The third-order valence-corrected chi connectivity index (χ3v) is 5.41. The van der Waals surface area contributed by atoms with Crippen LogP contribution >= 0.6 is 15.9 Å². The van der Waals surface area contributed by atoms with Crippen molar-refractivity contribution in [2.75, 3.05) is 18.0 Å². The van der Waals surface area contributed by atoms with Crippen molar-refractivity contribution in [2.24, 2.45) is 5.10 Å². The highest BCUT2D eigenvalue weighted by molar-refractivity contribution is 9.10. The SMILES string of the molecule is CCN(CC)c1ccc(C=NNS(=O)(=O)c2ccc(Br)cc2)c(O)c1. The molecule has 0 fully saturated rings. The number of phenolic OH excluding ortho intramolecular Hbond substituents is 1. The van der Waals surface area contributed by atoms with Crippen LogP contribution in [-0.2, 0) is 10.0 Å². The summed E-state index contributed by atoms with van der Waals surface area (Å²) in [6, 6.07) is 11.4. The molecule has 0 aliphatic heterocycles. The van der Waals surface area contributed by atoms with Crippen molar-refractivity contribution >= 4 is 37.9 Å². The molecule has 0 aliphatic rings. The molecule has 6 nitrogen and oxygen atoms in total. The Hall–Kier alpha value is -2.06. The first-order valence-corrected chi connectivity index (χ1v) is 10.0. The lowest BCUT2D eigenvalue weighted by atomic mass is 10.2. The molecule has 2 rings (SSSR count). The summed E-state index contributed by atoms with van der Waals surface area (Å²) in [7, 11) is -3.75. The number of hydrogen-bond acceptors (Lipinski definition) is 5. The summed E-state index contributed by atoms with van der Waals surface area (Å²) < 4.78 is 25.0. The normalized spacial score (nSPS) is 11.6. The molecule has 0 spiro atoms. The van der Waals surface area contributed by atoms with Gasteiger partial charge in [-0.3, -0.25) is 0 Å². The minimum absolute atomic E-state index is 0.0380. The quantitative estimate of drug-likeness (QED) is 0.526. The fraction of sp³-hybridized carbons (Fsp3) is 0.235. The minimum Gasteiger partial charge on any atom is -0.507 e. The maximum Gasteiger partial charge on any atom is 0.276 e. The molecule has 0 bridgehead atoms. The first-order valence-electron chi connectivity index (χ1n) is 7.75. The van der Waals surface area contributed by atoms with Gasteiger partial charge in [0.05, 0.1) is 11.1 Å². The van der Waals surface area contributed by atoms with E-state index < -0.39 is 10.0 Å². The Bertz CT molecular complexity index is 848. The second-order valence-corrected chi connectivity index (χ2v) is 7.80. The van der Waals surface area contributed by atoms with Gasteiger partial charge in [0.25, 0.3) is 10.0 Å². The van der Waals surface area contributed by atoms with Gasteiger partial charge in [0, 0.05) is 34.9 Å². The van der Waals surface area contributed by atoms with Crippen molar-refractivity contribution in [3.8, 4) is 5.75 Å². The molecule has 0 aliphatic carbocycles. The van der Waals surface area contributed by atoms with Crippen molar-refractivity contribution in [1.82, 2.24) is 4.83 Å². The maximum absolute atomic E-state index is 12.1. The van der Waals surface area contributed by atoms with E-state index in [1.54, 1.807) is 24.3 Å². The number of anilines is 1. The topological polar surface area (TPSA) is 82.0 Å². The van der Waals surface area contributed by atoms with Crippen LogP contribution in [0.4, 0.5) is 5.69 Å². The van der Waals surface area contributed by atoms with Crippen LogP contribution in [0.15, 0.2) is 56.9 Å². The molecule has 2 aromatic carbocycles. The van der Waals surface area contributed by atoms with Crippen LogP contribution in [0.3, 0.4) is 0 Å². The standard InChI is InChI=1S/C17H20BrN3O3S/c1-3-21(4-2)15-8-5-13(17(22)11-15)12-19-20-25(23,24)16-9-6-14(18)7-10-16/h5-12,20,22H,3-4H2,1-2H3. The van der Waals surface area contributed by atoms with Gasteiger partial charge in [-0.15, -0.1) is 0 Å². The highest BCUT2D eigenvalue weighted by atomic mass is 79.9. The summed E-state index contributed by atoms with van der Waals surface area (Å²) >= 11 is 3.25. The fourth-order valence-electron chi connectivity index (χ4n) is 2.26. The number of rotatable bonds is 7. The van der Waals surface area contributed by atoms with Crippen molar-refractivity contribution in [1.29, 1.82) is 0 Å². The molecule has 0 saturated carbocycles. The van der Waals surface area contributed by atoms with Crippen molar-refractivity contribution < 1.29 is 13.5 Å². The van der Waals surface area contributed by atoms with Crippen LogP contribution in [0, 0.1) is 0 Å². The molecule has 134 valence electrons. The Balaban J connectivity index is 2.12. The number of benzene rings is 2. The Morgan fingerprint density at radius 3 is 2.36 bits per heavy atom. The molecule has 8 heteroatoms. The molecule has 0 aromatic heterocycles. The number of nitrogens with one attached hydrogen (secondary N) is 1. The summed E-state index contributed by atoms with van der Waals surface area (Å²) in [5.41, 5.74) is 1.32. The first-order chi connectivity index (χ1) is 11.9. The number of nitrogens with zero attached hydrogens (tertiary/aromatic N) is 2. The molecular weight excluding hydrogens is 406 g/mol. The van der Waals surface area contributed by atoms with E-state index in [4.69, 9.17) is 0 Å². The zero-order valence-corrected chi connectivity index (χ0v) is 16.4. The van der Waals surface area contributed by atoms with Gasteiger partial charge in [-0.1, -0.05) is 15.9 Å². The molecular formula is C17H20BrN3O3S. The van der Waals surface area contributed by atoms with Crippen LogP contribution in [-0.4, -0.2) is 32.8 Å². The summed E-state index contributed by atoms with van der Waals surface area (Å²) in [4.78, 5) is 4.33. The van der Waals surface area contributed by atoms with E-state index in [9.17, 15) is 13.5 Å². The second kappa shape index (κ2) is 8.35. The number of hydrazone groups is 1. The zero-order valence-electron chi connectivity index (χ0n) is 14.0. The van der Waals surface area contributed by atoms with Gasteiger partial charge >= 0.3 is 0 Å². The summed E-state index contributed by atoms with van der Waals surface area (Å²) in [6.45, 7) is 5.73. The second-order valence-electron chi connectivity index (χ2n) is 5.22. The number of hydrogen-bond donors (Lipinski definition) is 2. The Labute approximate surface area is 156 Å².